The van der Waals surface area contributed by atoms with E-state index in [1.165, 1.54) is 0 Å². The van der Waals surface area contributed by atoms with Gasteiger partial charge in [-0.15, -0.1) is 0 Å². The summed E-state index contributed by atoms with van der Waals surface area (Å²) in [6.45, 7) is 5.65. The zero-order valence-electron chi connectivity index (χ0n) is 9.42. The van der Waals surface area contributed by atoms with Crippen LogP contribution < -0.4 is 5.32 Å². The molecule has 0 bridgehead atoms. The lowest BCUT2D eigenvalue weighted by atomic mass is 10.2. The Bertz CT molecular complexity index is 194. The molecule has 4 heteroatoms. The fraction of sp³-hybridized carbons (Fsp3) is 0.900. The Labute approximate surface area is 86.2 Å². The first-order valence-corrected chi connectivity index (χ1v) is 5.26. The second-order valence-corrected chi connectivity index (χ2v) is 4.19. The van der Waals surface area contributed by atoms with Gasteiger partial charge in [-0.2, -0.15) is 0 Å². The molecule has 0 radical (unpaired) electrons. The summed E-state index contributed by atoms with van der Waals surface area (Å²) < 4.78 is 0. The van der Waals surface area contributed by atoms with Crippen molar-refractivity contribution in [1.82, 2.24) is 15.1 Å². The van der Waals surface area contributed by atoms with Gasteiger partial charge in [0.2, 0.25) is 5.91 Å². The van der Waals surface area contributed by atoms with Gasteiger partial charge in [0.05, 0.1) is 0 Å². The maximum atomic E-state index is 11.8. The first kappa shape index (κ1) is 11.5. The van der Waals surface area contributed by atoms with Crippen molar-refractivity contribution >= 4 is 5.91 Å². The number of rotatable bonds is 3. The van der Waals surface area contributed by atoms with Gasteiger partial charge >= 0.3 is 0 Å². The molecule has 0 unspecified atom stereocenters. The third-order valence-electron chi connectivity index (χ3n) is 2.59. The summed E-state index contributed by atoms with van der Waals surface area (Å²) in [6, 6.07) is 0.346. The van der Waals surface area contributed by atoms with Crippen molar-refractivity contribution in [3.05, 3.63) is 0 Å². The van der Waals surface area contributed by atoms with E-state index in [0.29, 0.717) is 12.5 Å². The van der Waals surface area contributed by atoms with Crippen molar-refractivity contribution < 1.29 is 4.79 Å². The van der Waals surface area contributed by atoms with Gasteiger partial charge in [-0.3, -0.25) is 4.79 Å². The molecule has 0 saturated carbocycles. The fourth-order valence-electron chi connectivity index (χ4n) is 1.67. The minimum atomic E-state index is 0.285. The molecule has 14 heavy (non-hydrogen) atoms. The first-order valence-electron chi connectivity index (χ1n) is 5.26. The Kier molecular flexibility index (Phi) is 4.35. The Morgan fingerprint density at radius 3 is 2.86 bits per heavy atom. The van der Waals surface area contributed by atoms with Gasteiger partial charge in [0.15, 0.2) is 0 Å². The van der Waals surface area contributed by atoms with E-state index in [9.17, 15) is 4.79 Å². The van der Waals surface area contributed by atoms with Crippen LogP contribution in [0.5, 0.6) is 0 Å². The minimum Gasteiger partial charge on any atom is -0.337 e. The SMILES string of the molecule is C[C@@H]1CNCCN1C(=O)CCN(C)C. The monoisotopic (exact) mass is 199 g/mol. The van der Waals surface area contributed by atoms with Crippen LogP contribution in [-0.4, -0.2) is 62.0 Å². The number of nitrogens with one attached hydrogen (secondary N) is 1. The Hall–Kier alpha value is -0.610. The highest BCUT2D eigenvalue weighted by Crippen LogP contribution is 2.04. The molecule has 1 atom stereocenters. The number of nitrogens with zero attached hydrogens (tertiary/aromatic N) is 2. The van der Waals surface area contributed by atoms with E-state index in [-0.39, 0.29) is 5.91 Å². The molecule has 82 valence electrons. The van der Waals surface area contributed by atoms with Crippen LogP contribution in [0.2, 0.25) is 0 Å². The predicted molar refractivity (Wildman–Crippen MR) is 57.2 cm³/mol. The average Bonchev–Trinajstić information content (AvgIpc) is 2.15. The average molecular weight is 199 g/mol. The van der Waals surface area contributed by atoms with Crippen LogP contribution in [0.25, 0.3) is 0 Å². The van der Waals surface area contributed by atoms with Gasteiger partial charge in [0.25, 0.3) is 0 Å². The summed E-state index contributed by atoms with van der Waals surface area (Å²) in [4.78, 5) is 15.8. The maximum Gasteiger partial charge on any atom is 0.224 e. The summed E-state index contributed by atoms with van der Waals surface area (Å²) in [6.07, 6.45) is 0.636. The van der Waals surface area contributed by atoms with Crippen LogP contribution in [0.1, 0.15) is 13.3 Å². The molecule has 1 fully saturated rings. The third-order valence-corrected chi connectivity index (χ3v) is 2.59. The molecule has 0 aromatic rings. The molecule has 4 nitrogen and oxygen atoms in total. The Morgan fingerprint density at radius 1 is 1.57 bits per heavy atom. The van der Waals surface area contributed by atoms with Gasteiger partial charge in [-0.05, 0) is 21.0 Å². The molecular formula is C10H21N3O. The summed E-state index contributed by atoms with van der Waals surface area (Å²) in [5, 5.41) is 3.28. The molecule has 1 rings (SSSR count). The van der Waals surface area contributed by atoms with Gasteiger partial charge in [-0.1, -0.05) is 0 Å². The van der Waals surface area contributed by atoms with Gasteiger partial charge < -0.3 is 15.1 Å². The number of hydrogen-bond donors (Lipinski definition) is 1. The Balaban J connectivity index is 2.34. The number of amides is 1. The lowest BCUT2D eigenvalue weighted by Gasteiger charge is -2.34. The lowest BCUT2D eigenvalue weighted by molar-refractivity contribution is -0.134. The fourth-order valence-corrected chi connectivity index (χ4v) is 1.67. The highest BCUT2D eigenvalue weighted by atomic mass is 16.2. The zero-order valence-corrected chi connectivity index (χ0v) is 9.42. The second kappa shape index (κ2) is 5.32. The molecule has 0 aromatic heterocycles. The molecular weight excluding hydrogens is 178 g/mol. The predicted octanol–water partition coefficient (Wildman–Crippen LogP) is -0.242. The lowest BCUT2D eigenvalue weighted by Crippen LogP contribution is -2.52. The summed E-state index contributed by atoms with van der Waals surface area (Å²) in [7, 11) is 3.99. The van der Waals surface area contributed by atoms with Crippen LogP contribution in [0.4, 0.5) is 0 Å². The number of carbonyl (C=O) groups is 1. The zero-order chi connectivity index (χ0) is 10.6. The molecule has 0 spiro atoms. The normalized spacial score (nSPS) is 22.9. The largest absolute Gasteiger partial charge is 0.337 e. The van der Waals surface area contributed by atoms with E-state index >= 15 is 0 Å². The van der Waals surface area contributed by atoms with E-state index in [1.54, 1.807) is 0 Å². The highest BCUT2D eigenvalue weighted by Gasteiger charge is 2.22. The van der Waals surface area contributed by atoms with Crippen LogP contribution in [0, 0.1) is 0 Å². The molecule has 1 aliphatic rings. The molecule has 1 heterocycles. The van der Waals surface area contributed by atoms with Crippen molar-refractivity contribution in [2.24, 2.45) is 0 Å². The van der Waals surface area contributed by atoms with Crippen LogP contribution in [0.15, 0.2) is 0 Å². The Morgan fingerprint density at radius 2 is 2.29 bits per heavy atom. The van der Waals surface area contributed by atoms with Crippen molar-refractivity contribution in [2.75, 3.05) is 40.3 Å². The second-order valence-electron chi connectivity index (χ2n) is 4.19. The molecule has 1 saturated heterocycles. The van der Waals surface area contributed by atoms with Gasteiger partial charge in [0.1, 0.15) is 0 Å². The van der Waals surface area contributed by atoms with Crippen molar-refractivity contribution in [3.63, 3.8) is 0 Å². The van der Waals surface area contributed by atoms with E-state index < -0.39 is 0 Å². The van der Waals surface area contributed by atoms with E-state index in [2.05, 4.69) is 12.2 Å². The number of carbonyl (C=O) groups excluding carboxylic acids is 1. The summed E-state index contributed by atoms with van der Waals surface area (Å²) in [5.74, 6) is 0.285. The van der Waals surface area contributed by atoms with Crippen molar-refractivity contribution in [1.29, 1.82) is 0 Å². The molecule has 0 aromatic carbocycles. The number of hydrogen-bond acceptors (Lipinski definition) is 3. The summed E-state index contributed by atoms with van der Waals surface area (Å²) >= 11 is 0. The van der Waals surface area contributed by atoms with Gasteiger partial charge in [0, 0.05) is 38.6 Å². The van der Waals surface area contributed by atoms with Crippen LogP contribution in [0.3, 0.4) is 0 Å². The van der Waals surface area contributed by atoms with Gasteiger partial charge in [-0.25, -0.2) is 0 Å². The topological polar surface area (TPSA) is 35.6 Å². The standard InChI is InChI=1S/C10H21N3O/c1-9-8-11-5-7-13(9)10(14)4-6-12(2)3/h9,11H,4-8H2,1-3H3/t9-/m1/s1. The summed E-state index contributed by atoms with van der Waals surface area (Å²) in [5.41, 5.74) is 0. The van der Waals surface area contributed by atoms with Crippen molar-refractivity contribution in [2.45, 2.75) is 19.4 Å². The van der Waals surface area contributed by atoms with Crippen LogP contribution >= 0.6 is 0 Å². The van der Waals surface area contributed by atoms with Crippen molar-refractivity contribution in [3.8, 4) is 0 Å². The quantitative estimate of drug-likeness (QED) is 0.681. The highest BCUT2D eigenvalue weighted by molar-refractivity contribution is 5.76. The maximum absolute atomic E-state index is 11.8. The molecule has 1 aliphatic heterocycles. The molecule has 0 aliphatic carbocycles. The molecule has 1 N–H and O–H groups in total. The van der Waals surface area contributed by atoms with E-state index in [4.69, 9.17) is 0 Å². The smallest absolute Gasteiger partial charge is 0.224 e. The minimum absolute atomic E-state index is 0.285. The first-order chi connectivity index (χ1) is 6.61. The molecule has 1 amide bonds. The van der Waals surface area contributed by atoms with Crippen LogP contribution in [-0.2, 0) is 4.79 Å². The number of piperazine rings is 1. The van der Waals surface area contributed by atoms with E-state index in [0.717, 1.165) is 26.2 Å². The van der Waals surface area contributed by atoms with E-state index in [1.807, 2.05) is 23.9 Å². The third kappa shape index (κ3) is 3.27.